The minimum Gasteiger partial charge on any atom is -0.331 e. The summed E-state index contributed by atoms with van der Waals surface area (Å²) in [5, 5.41) is 4.19. The zero-order chi connectivity index (χ0) is 18.3. The zero-order valence-electron chi connectivity index (χ0n) is 15.3. The van der Waals surface area contributed by atoms with Crippen molar-refractivity contribution in [2.45, 2.75) is 25.8 Å². The SMILES string of the molecule is CN1CCc2cc(-c3ccccc3Cl)c(Nc3ncc[nH]3)cc2C1(C)C. The quantitative estimate of drug-likeness (QED) is 0.669. The topological polar surface area (TPSA) is 44.0 Å². The molecule has 1 aromatic heterocycles. The number of aromatic amines is 1. The van der Waals surface area contributed by atoms with Crippen LogP contribution >= 0.6 is 11.6 Å². The number of benzene rings is 2. The fourth-order valence-electron chi connectivity index (χ4n) is 3.66. The molecule has 0 aliphatic carbocycles. The molecule has 0 fully saturated rings. The number of nitrogens with zero attached hydrogens (tertiary/aromatic N) is 2. The van der Waals surface area contributed by atoms with E-state index in [2.05, 4.69) is 59.3 Å². The summed E-state index contributed by atoms with van der Waals surface area (Å²) in [7, 11) is 2.19. The molecule has 1 aliphatic heterocycles. The van der Waals surface area contributed by atoms with Gasteiger partial charge >= 0.3 is 0 Å². The van der Waals surface area contributed by atoms with E-state index >= 15 is 0 Å². The number of aromatic nitrogens is 2. The lowest BCUT2D eigenvalue weighted by Crippen LogP contribution is -2.44. The van der Waals surface area contributed by atoms with Gasteiger partial charge in [-0.05, 0) is 56.6 Å². The van der Waals surface area contributed by atoms with Crippen molar-refractivity contribution < 1.29 is 0 Å². The summed E-state index contributed by atoms with van der Waals surface area (Å²) in [6, 6.07) is 12.5. The third-order valence-corrected chi connectivity index (χ3v) is 5.82. The average Bonchev–Trinajstić information content (AvgIpc) is 3.12. The summed E-state index contributed by atoms with van der Waals surface area (Å²) in [4.78, 5) is 9.85. The largest absolute Gasteiger partial charge is 0.331 e. The summed E-state index contributed by atoms with van der Waals surface area (Å²) in [5.41, 5.74) is 5.85. The van der Waals surface area contributed by atoms with E-state index in [1.165, 1.54) is 11.1 Å². The number of imidazole rings is 1. The van der Waals surface area contributed by atoms with Crippen molar-refractivity contribution in [3.05, 3.63) is 64.9 Å². The van der Waals surface area contributed by atoms with Gasteiger partial charge in [-0.3, -0.25) is 4.90 Å². The van der Waals surface area contributed by atoms with Crippen LogP contribution in [0.15, 0.2) is 48.8 Å². The van der Waals surface area contributed by atoms with E-state index < -0.39 is 0 Å². The van der Waals surface area contributed by atoms with Crippen molar-refractivity contribution in [3.63, 3.8) is 0 Å². The van der Waals surface area contributed by atoms with Gasteiger partial charge in [-0.2, -0.15) is 0 Å². The number of likely N-dealkylation sites (N-methyl/N-ethyl adjacent to an activating group) is 1. The number of anilines is 2. The number of nitrogens with one attached hydrogen (secondary N) is 2. The van der Waals surface area contributed by atoms with Crippen molar-refractivity contribution in [2.75, 3.05) is 18.9 Å². The number of H-pyrrole nitrogens is 1. The van der Waals surface area contributed by atoms with Crippen LogP contribution in [0.4, 0.5) is 11.6 Å². The van der Waals surface area contributed by atoms with E-state index in [4.69, 9.17) is 11.6 Å². The van der Waals surface area contributed by atoms with Gasteiger partial charge in [0.15, 0.2) is 0 Å². The molecule has 0 radical (unpaired) electrons. The Morgan fingerprint density at radius 2 is 2.00 bits per heavy atom. The molecule has 0 saturated carbocycles. The highest BCUT2D eigenvalue weighted by Crippen LogP contribution is 2.42. The molecule has 0 atom stereocenters. The lowest BCUT2D eigenvalue weighted by atomic mass is 9.81. The normalized spacial score (nSPS) is 16.3. The smallest absolute Gasteiger partial charge is 0.204 e. The van der Waals surface area contributed by atoms with Crippen LogP contribution < -0.4 is 5.32 Å². The van der Waals surface area contributed by atoms with Crippen LogP contribution in [0.3, 0.4) is 0 Å². The Hall–Kier alpha value is -2.30. The van der Waals surface area contributed by atoms with E-state index in [0.717, 1.165) is 40.8 Å². The number of halogens is 1. The highest BCUT2D eigenvalue weighted by Gasteiger charge is 2.33. The maximum absolute atomic E-state index is 6.52. The fraction of sp³-hybridized carbons (Fsp3) is 0.286. The standard InChI is InChI=1S/C21H23ClN4/c1-21(2)17-13-19(25-20-23-9-10-24-20)16(12-14(17)8-11-26(21)3)15-6-4-5-7-18(15)22/h4-7,9-10,12-13H,8,11H2,1-3H3,(H2,23,24,25). The summed E-state index contributed by atoms with van der Waals surface area (Å²) in [6.07, 6.45) is 4.59. The van der Waals surface area contributed by atoms with E-state index in [1.807, 2.05) is 24.4 Å². The molecule has 0 amide bonds. The second-order valence-electron chi connectivity index (χ2n) is 7.33. The van der Waals surface area contributed by atoms with E-state index in [0.29, 0.717) is 0 Å². The summed E-state index contributed by atoms with van der Waals surface area (Å²) < 4.78 is 0. The third kappa shape index (κ3) is 2.89. The second kappa shape index (κ2) is 6.45. The monoisotopic (exact) mass is 366 g/mol. The molecule has 2 aromatic carbocycles. The first-order chi connectivity index (χ1) is 12.5. The van der Waals surface area contributed by atoms with Crippen LogP contribution in [0, 0.1) is 0 Å². The molecule has 3 aromatic rings. The number of fused-ring (bicyclic) bond motifs is 1. The molecule has 5 heteroatoms. The van der Waals surface area contributed by atoms with Crippen LogP contribution in [0.25, 0.3) is 11.1 Å². The number of hydrogen-bond donors (Lipinski definition) is 2. The van der Waals surface area contributed by atoms with Gasteiger partial charge in [-0.1, -0.05) is 29.8 Å². The third-order valence-electron chi connectivity index (χ3n) is 5.49. The maximum atomic E-state index is 6.52. The van der Waals surface area contributed by atoms with Gasteiger partial charge in [-0.25, -0.2) is 4.98 Å². The van der Waals surface area contributed by atoms with Crippen LogP contribution in [0.1, 0.15) is 25.0 Å². The van der Waals surface area contributed by atoms with Crippen LogP contribution in [0.2, 0.25) is 5.02 Å². The molecular formula is C21H23ClN4. The van der Waals surface area contributed by atoms with Gasteiger partial charge in [0.1, 0.15) is 0 Å². The van der Waals surface area contributed by atoms with Crippen molar-refractivity contribution in [3.8, 4) is 11.1 Å². The minimum absolute atomic E-state index is 0.0216. The highest BCUT2D eigenvalue weighted by molar-refractivity contribution is 6.33. The molecule has 0 saturated heterocycles. The van der Waals surface area contributed by atoms with E-state index in [9.17, 15) is 0 Å². The highest BCUT2D eigenvalue weighted by atomic mass is 35.5. The van der Waals surface area contributed by atoms with Crippen LogP contribution in [-0.2, 0) is 12.0 Å². The lowest BCUT2D eigenvalue weighted by molar-refractivity contribution is 0.143. The Bertz CT molecular complexity index is 931. The molecular weight excluding hydrogens is 344 g/mol. The van der Waals surface area contributed by atoms with Gasteiger partial charge in [0.2, 0.25) is 5.95 Å². The number of hydrogen-bond acceptors (Lipinski definition) is 3. The van der Waals surface area contributed by atoms with Gasteiger partial charge < -0.3 is 10.3 Å². The first-order valence-corrected chi connectivity index (χ1v) is 9.24. The summed E-state index contributed by atoms with van der Waals surface area (Å²) >= 11 is 6.52. The summed E-state index contributed by atoms with van der Waals surface area (Å²) in [5.74, 6) is 0.722. The molecule has 0 unspecified atom stereocenters. The molecule has 0 bridgehead atoms. The van der Waals surface area contributed by atoms with Gasteiger partial charge in [0, 0.05) is 46.3 Å². The molecule has 2 N–H and O–H groups in total. The average molecular weight is 367 g/mol. The van der Waals surface area contributed by atoms with Crippen molar-refractivity contribution >= 4 is 23.2 Å². The fourth-order valence-corrected chi connectivity index (χ4v) is 3.90. The Balaban J connectivity index is 1.91. The van der Waals surface area contributed by atoms with Crippen LogP contribution in [-0.4, -0.2) is 28.5 Å². The predicted molar refractivity (Wildman–Crippen MR) is 108 cm³/mol. The second-order valence-corrected chi connectivity index (χ2v) is 7.74. The Morgan fingerprint density at radius 3 is 2.73 bits per heavy atom. The van der Waals surface area contributed by atoms with E-state index in [1.54, 1.807) is 6.20 Å². The Labute approximate surface area is 159 Å². The summed E-state index contributed by atoms with van der Waals surface area (Å²) in [6.45, 7) is 5.60. The number of rotatable bonds is 3. The maximum Gasteiger partial charge on any atom is 0.204 e. The van der Waals surface area contributed by atoms with Gasteiger partial charge in [0.05, 0.1) is 0 Å². The molecule has 4 nitrogen and oxygen atoms in total. The first-order valence-electron chi connectivity index (χ1n) is 8.87. The van der Waals surface area contributed by atoms with Crippen molar-refractivity contribution in [2.24, 2.45) is 0 Å². The Kier molecular flexibility index (Phi) is 4.25. The van der Waals surface area contributed by atoms with Gasteiger partial charge in [-0.15, -0.1) is 0 Å². The van der Waals surface area contributed by atoms with Crippen LogP contribution in [0.5, 0.6) is 0 Å². The molecule has 4 rings (SSSR count). The Morgan fingerprint density at radius 1 is 1.19 bits per heavy atom. The van der Waals surface area contributed by atoms with Crippen molar-refractivity contribution in [1.82, 2.24) is 14.9 Å². The van der Waals surface area contributed by atoms with Crippen molar-refractivity contribution in [1.29, 1.82) is 0 Å². The predicted octanol–water partition coefficient (Wildman–Crippen LogP) is 5.20. The molecule has 134 valence electrons. The molecule has 2 heterocycles. The van der Waals surface area contributed by atoms with Gasteiger partial charge in [0.25, 0.3) is 0 Å². The first kappa shape index (κ1) is 17.1. The zero-order valence-corrected chi connectivity index (χ0v) is 16.1. The minimum atomic E-state index is -0.0216. The molecule has 26 heavy (non-hydrogen) atoms. The van der Waals surface area contributed by atoms with E-state index in [-0.39, 0.29) is 5.54 Å². The molecule has 0 spiro atoms. The lowest BCUT2D eigenvalue weighted by Gasteiger charge is -2.42. The molecule has 1 aliphatic rings.